The fourth-order valence-corrected chi connectivity index (χ4v) is 8.08. The highest BCUT2D eigenvalue weighted by Crippen LogP contribution is 2.39. The summed E-state index contributed by atoms with van der Waals surface area (Å²) < 4.78 is 2.54. The van der Waals surface area contributed by atoms with E-state index in [1.54, 1.807) is 0 Å². The summed E-state index contributed by atoms with van der Waals surface area (Å²) in [7, 11) is 0. The number of hydrogen-bond acceptors (Lipinski definition) is 4. The minimum Gasteiger partial charge on any atom is -0.208 e. The number of nitrogens with zero attached hydrogens (tertiary/aromatic N) is 3. The molecule has 0 aliphatic carbocycles. The number of rotatable bonds is 3. The van der Waals surface area contributed by atoms with Gasteiger partial charge in [-0.25, -0.2) is 15.0 Å². The van der Waals surface area contributed by atoms with Crippen LogP contribution >= 0.6 is 11.3 Å². The van der Waals surface area contributed by atoms with E-state index < -0.39 is 0 Å². The van der Waals surface area contributed by atoms with Crippen LogP contribution in [0.1, 0.15) is 0 Å². The van der Waals surface area contributed by atoms with Crippen LogP contribution in [0, 0.1) is 0 Å². The molecule has 0 unspecified atom stereocenters. The van der Waals surface area contributed by atoms with Crippen molar-refractivity contribution in [1.82, 2.24) is 15.0 Å². The summed E-state index contributed by atoms with van der Waals surface area (Å²) in [6, 6.07) is 54.0. The Morgan fingerprint density at radius 3 is 1.74 bits per heavy atom. The van der Waals surface area contributed by atoms with Gasteiger partial charge in [0, 0.05) is 36.9 Å². The lowest BCUT2D eigenvalue weighted by Crippen LogP contribution is -2.01. The summed E-state index contributed by atoms with van der Waals surface area (Å²) in [6.07, 6.45) is 0. The van der Waals surface area contributed by atoms with Gasteiger partial charge in [0.1, 0.15) is 0 Å². The molecule has 0 saturated heterocycles. The number of thiophene rings is 1. The Hall–Kier alpha value is -5.97. The zero-order chi connectivity index (χ0) is 30.9. The highest BCUT2D eigenvalue weighted by molar-refractivity contribution is 7.25. The van der Waals surface area contributed by atoms with Gasteiger partial charge in [-0.2, -0.15) is 0 Å². The van der Waals surface area contributed by atoms with Crippen molar-refractivity contribution in [3.63, 3.8) is 0 Å². The fraction of sp³-hybridized carbons (Fsp3) is 0. The van der Waals surface area contributed by atoms with Gasteiger partial charge in [0.05, 0.1) is 0 Å². The molecule has 218 valence electrons. The third-order valence-electron chi connectivity index (χ3n) is 9.29. The van der Waals surface area contributed by atoms with Crippen molar-refractivity contribution in [2.24, 2.45) is 0 Å². The van der Waals surface area contributed by atoms with Crippen molar-refractivity contribution in [2.75, 3.05) is 0 Å². The number of hydrogen-bond donors (Lipinski definition) is 0. The molecule has 2 heterocycles. The van der Waals surface area contributed by atoms with E-state index in [4.69, 9.17) is 15.0 Å². The number of fused-ring (bicyclic) bond motifs is 9. The Bertz CT molecular complexity index is 2870. The highest BCUT2D eigenvalue weighted by Gasteiger charge is 2.18. The van der Waals surface area contributed by atoms with E-state index in [0.717, 1.165) is 27.5 Å². The van der Waals surface area contributed by atoms with Gasteiger partial charge in [-0.1, -0.05) is 115 Å². The van der Waals surface area contributed by atoms with Crippen LogP contribution in [0.25, 0.3) is 97.4 Å². The van der Waals surface area contributed by atoms with Gasteiger partial charge in [0.25, 0.3) is 0 Å². The average Bonchev–Trinajstić information content (AvgIpc) is 3.52. The molecule has 10 rings (SSSR count). The van der Waals surface area contributed by atoms with Crippen LogP contribution in [-0.4, -0.2) is 15.0 Å². The maximum Gasteiger partial charge on any atom is 0.164 e. The molecule has 8 aromatic carbocycles. The quantitative estimate of drug-likeness (QED) is 0.186. The van der Waals surface area contributed by atoms with Crippen molar-refractivity contribution >= 4 is 74.6 Å². The van der Waals surface area contributed by atoms with E-state index in [2.05, 4.69) is 152 Å². The Labute approximate surface area is 274 Å². The first-order valence-corrected chi connectivity index (χ1v) is 16.6. The van der Waals surface area contributed by atoms with Gasteiger partial charge in [0.2, 0.25) is 0 Å². The summed E-state index contributed by atoms with van der Waals surface area (Å²) in [4.78, 5) is 15.6. The fourth-order valence-electron chi connectivity index (χ4n) is 6.99. The summed E-state index contributed by atoms with van der Waals surface area (Å²) in [5.41, 5.74) is 2.94. The third kappa shape index (κ3) is 4.23. The van der Waals surface area contributed by atoms with Crippen LogP contribution in [0.3, 0.4) is 0 Å². The molecule has 0 radical (unpaired) electrons. The Morgan fingerprint density at radius 2 is 0.894 bits per heavy atom. The van der Waals surface area contributed by atoms with Crippen molar-refractivity contribution in [1.29, 1.82) is 0 Å². The van der Waals surface area contributed by atoms with Crippen LogP contribution in [0.15, 0.2) is 152 Å². The van der Waals surface area contributed by atoms with E-state index in [1.165, 1.54) is 52.5 Å². The zero-order valence-corrected chi connectivity index (χ0v) is 26.0. The van der Waals surface area contributed by atoms with E-state index >= 15 is 0 Å². The predicted molar refractivity (Wildman–Crippen MR) is 199 cm³/mol. The summed E-state index contributed by atoms with van der Waals surface area (Å²) in [6.45, 7) is 0. The molecule has 2 aromatic heterocycles. The molecule has 3 nitrogen and oxygen atoms in total. The second kappa shape index (κ2) is 10.3. The number of aromatic nitrogens is 3. The minimum absolute atomic E-state index is 0.660. The maximum atomic E-state index is 5.25. The second-order valence-corrected chi connectivity index (χ2v) is 13.1. The third-order valence-corrected chi connectivity index (χ3v) is 10.4. The van der Waals surface area contributed by atoms with Crippen LogP contribution in [0.4, 0.5) is 0 Å². The first-order valence-electron chi connectivity index (χ1n) is 15.8. The first kappa shape index (κ1) is 26.3. The van der Waals surface area contributed by atoms with Gasteiger partial charge in [-0.3, -0.25) is 0 Å². The molecular formula is C43H25N3S. The van der Waals surface area contributed by atoms with Gasteiger partial charge in [0.15, 0.2) is 17.5 Å². The van der Waals surface area contributed by atoms with E-state index in [0.29, 0.717) is 17.5 Å². The SMILES string of the molecule is c1ccc2cc(-c3nc(-c4ccc5sc6ccccc6c5c4)nc(-c4cc5c6ccccc6ccc5c5ccccc45)n3)ccc2c1. The van der Waals surface area contributed by atoms with Gasteiger partial charge in [-0.15, -0.1) is 11.3 Å². The Balaban J connectivity index is 1.27. The van der Waals surface area contributed by atoms with E-state index in [-0.39, 0.29) is 0 Å². The molecule has 0 bridgehead atoms. The summed E-state index contributed by atoms with van der Waals surface area (Å²) >= 11 is 1.82. The largest absolute Gasteiger partial charge is 0.208 e. The first-order chi connectivity index (χ1) is 23.3. The molecule has 4 heteroatoms. The maximum absolute atomic E-state index is 5.25. The Kier molecular flexibility index (Phi) is 5.74. The lowest BCUT2D eigenvalue weighted by atomic mass is 9.93. The van der Waals surface area contributed by atoms with Gasteiger partial charge >= 0.3 is 0 Å². The van der Waals surface area contributed by atoms with Gasteiger partial charge in [-0.05, 0) is 79.5 Å². The molecule has 0 atom stereocenters. The lowest BCUT2D eigenvalue weighted by molar-refractivity contribution is 1.08. The highest BCUT2D eigenvalue weighted by atomic mass is 32.1. The predicted octanol–water partition coefficient (Wildman–Crippen LogP) is 11.9. The topological polar surface area (TPSA) is 38.7 Å². The summed E-state index contributed by atoms with van der Waals surface area (Å²) in [5.74, 6) is 1.99. The normalized spacial score (nSPS) is 11.8. The van der Waals surface area contributed by atoms with Crippen LogP contribution in [0.2, 0.25) is 0 Å². The summed E-state index contributed by atoms with van der Waals surface area (Å²) in [5, 5.41) is 12.0. The van der Waals surface area contributed by atoms with E-state index in [9.17, 15) is 0 Å². The second-order valence-electron chi connectivity index (χ2n) is 12.0. The molecule has 0 aliphatic heterocycles. The lowest BCUT2D eigenvalue weighted by Gasteiger charge is -2.14. The van der Waals surface area contributed by atoms with Crippen LogP contribution in [-0.2, 0) is 0 Å². The molecule has 0 fully saturated rings. The molecule has 0 spiro atoms. The van der Waals surface area contributed by atoms with Crippen molar-refractivity contribution in [2.45, 2.75) is 0 Å². The molecule has 0 saturated carbocycles. The number of benzene rings is 8. The molecule has 10 aromatic rings. The van der Waals surface area contributed by atoms with Crippen LogP contribution < -0.4 is 0 Å². The molecule has 0 N–H and O–H groups in total. The van der Waals surface area contributed by atoms with Crippen molar-refractivity contribution in [3.05, 3.63) is 152 Å². The molecule has 0 aliphatic rings. The van der Waals surface area contributed by atoms with Crippen molar-refractivity contribution in [3.8, 4) is 34.2 Å². The monoisotopic (exact) mass is 615 g/mol. The van der Waals surface area contributed by atoms with E-state index in [1.807, 2.05) is 11.3 Å². The Morgan fingerprint density at radius 1 is 0.319 bits per heavy atom. The molecule has 47 heavy (non-hydrogen) atoms. The molecule has 0 amide bonds. The smallest absolute Gasteiger partial charge is 0.164 e. The molecular weight excluding hydrogens is 591 g/mol. The van der Waals surface area contributed by atoms with Crippen LogP contribution in [0.5, 0.6) is 0 Å². The zero-order valence-electron chi connectivity index (χ0n) is 25.2. The van der Waals surface area contributed by atoms with Gasteiger partial charge < -0.3 is 0 Å². The average molecular weight is 616 g/mol. The van der Waals surface area contributed by atoms with Crippen molar-refractivity contribution < 1.29 is 0 Å². The minimum atomic E-state index is 0.660. The standard InChI is InChI=1S/C43H25N3S/c1-2-11-28-23-29(18-17-26(28)9-1)41-44-42(30-20-22-40-37(24-30)35-15-7-8-16-39(35)47-40)46-43(45-41)38-25-36-31-12-4-3-10-27(31)19-21-34(36)32-13-5-6-14-33(32)38/h1-25H.